The number of imidazole rings is 1. The Bertz CT molecular complexity index is 1350. The normalized spacial score (nSPS) is 13.6. The van der Waals surface area contributed by atoms with E-state index in [4.69, 9.17) is 4.98 Å². The van der Waals surface area contributed by atoms with E-state index < -0.39 is 0 Å². The molecule has 0 bridgehead atoms. The van der Waals surface area contributed by atoms with Gasteiger partial charge in [-0.05, 0) is 51.7 Å². The largest absolute Gasteiger partial charge is 0.356 e. The van der Waals surface area contributed by atoms with Crippen molar-refractivity contribution < 1.29 is 4.79 Å². The molecule has 0 spiro atoms. The average molecular weight is 473 g/mol. The zero-order valence-electron chi connectivity index (χ0n) is 20.7. The van der Waals surface area contributed by atoms with Gasteiger partial charge < -0.3 is 14.6 Å². The van der Waals surface area contributed by atoms with Gasteiger partial charge >= 0.3 is 0 Å². The van der Waals surface area contributed by atoms with Crippen LogP contribution in [0, 0.1) is 13.8 Å². The van der Waals surface area contributed by atoms with Crippen molar-refractivity contribution in [3.05, 3.63) is 65.0 Å². The number of anilines is 1. The summed E-state index contributed by atoms with van der Waals surface area (Å²) < 4.78 is 3.75. The first kappa shape index (κ1) is 23.0. The summed E-state index contributed by atoms with van der Waals surface area (Å²) in [6.45, 7) is 8.55. The minimum atomic E-state index is -0.153. The summed E-state index contributed by atoms with van der Waals surface area (Å²) in [5.74, 6) is 1.32. The number of nitrogens with one attached hydrogen (secondary N) is 1. The molecule has 182 valence electrons. The molecule has 9 nitrogen and oxygen atoms in total. The minimum absolute atomic E-state index is 0.153. The van der Waals surface area contributed by atoms with Crippen LogP contribution in [0.2, 0.25) is 0 Å². The molecular weight excluding hydrogens is 440 g/mol. The predicted octanol–water partition coefficient (Wildman–Crippen LogP) is 3.80. The molecule has 9 heteroatoms. The van der Waals surface area contributed by atoms with E-state index in [9.17, 15) is 4.79 Å². The van der Waals surface area contributed by atoms with Gasteiger partial charge in [-0.1, -0.05) is 19.4 Å². The maximum absolute atomic E-state index is 13.3. The first-order valence-electron chi connectivity index (χ1n) is 12.4. The molecule has 35 heavy (non-hydrogen) atoms. The zero-order valence-corrected chi connectivity index (χ0v) is 20.7. The second kappa shape index (κ2) is 9.85. The number of carbonyl (C=O) groups is 1. The summed E-state index contributed by atoms with van der Waals surface area (Å²) >= 11 is 0. The molecule has 0 saturated carbocycles. The van der Waals surface area contributed by atoms with Crippen molar-refractivity contribution in [1.82, 2.24) is 34.4 Å². The van der Waals surface area contributed by atoms with Crippen molar-refractivity contribution in [1.29, 1.82) is 0 Å². The molecule has 1 N–H and O–H groups in total. The van der Waals surface area contributed by atoms with Gasteiger partial charge in [0, 0.05) is 31.0 Å². The number of nitrogens with zero attached hydrogens (tertiary/aromatic N) is 7. The van der Waals surface area contributed by atoms with Gasteiger partial charge in [0.1, 0.15) is 11.5 Å². The fraction of sp³-hybridized carbons (Fsp3) is 0.423. The Labute approximate surface area is 205 Å². The van der Waals surface area contributed by atoms with Crippen molar-refractivity contribution in [2.24, 2.45) is 0 Å². The molecule has 4 aromatic rings. The summed E-state index contributed by atoms with van der Waals surface area (Å²) in [7, 11) is 0. The van der Waals surface area contributed by atoms with Crippen molar-refractivity contribution in [3.8, 4) is 5.95 Å². The van der Waals surface area contributed by atoms with Crippen LogP contribution in [0.1, 0.15) is 65.6 Å². The number of carbonyl (C=O) groups excluding carboxylic acids is 1. The molecule has 0 aliphatic carbocycles. The molecule has 1 aliphatic rings. The Balaban J connectivity index is 1.43. The molecule has 4 aromatic heterocycles. The Morgan fingerprint density at radius 3 is 2.71 bits per heavy atom. The van der Waals surface area contributed by atoms with Crippen molar-refractivity contribution >= 4 is 17.4 Å². The standard InChI is InChI=1S/C26H32N8O/c1-4-5-10-21-20(25(35)27-17-22-19(3)30-23-11-6-7-14-33(22)23)16-29-34(21)26-28-15-18(2)24(31-26)32-12-8-9-13-32/h6-7,11,14-16H,4-5,8-10,12-13,17H2,1-3H3,(H,27,35). The molecule has 0 aromatic carbocycles. The number of amides is 1. The number of hydrogen-bond donors (Lipinski definition) is 1. The summed E-state index contributed by atoms with van der Waals surface area (Å²) in [5, 5.41) is 7.64. The maximum Gasteiger partial charge on any atom is 0.255 e. The van der Waals surface area contributed by atoms with E-state index in [1.165, 1.54) is 12.8 Å². The van der Waals surface area contributed by atoms with Gasteiger partial charge in [0.05, 0.1) is 35.4 Å². The van der Waals surface area contributed by atoms with E-state index in [2.05, 4.69) is 32.2 Å². The van der Waals surface area contributed by atoms with E-state index in [0.29, 0.717) is 18.1 Å². The summed E-state index contributed by atoms with van der Waals surface area (Å²) in [6, 6.07) is 5.88. The number of fused-ring (bicyclic) bond motifs is 1. The molecule has 1 amide bonds. The van der Waals surface area contributed by atoms with Gasteiger partial charge in [-0.3, -0.25) is 4.79 Å². The number of aryl methyl sites for hydroxylation is 2. The predicted molar refractivity (Wildman–Crippen MR) is 135 cm³/mol. The van der Waals surface area contributed by atoms with Crippen LogP contribution in [-0.4, -0.2) is 48.1 Å². The van der Waals surface area contributed by atoms with Crippen LogP contribution >= 0.6 is 0 Å². The first-order valence-corrected chi connectivity index (χ1v) is 12.4. The van der Waals surface area contributed by atoms with Crippen LogP contribution in [-0.2, 0) is 13.0 Å². The van der Waals surface area contributed by atoms with Crippen LogP contribution in [0.3, 0.4) is 0 Å². The number of hydrogen-bond acceptors (Lipinski definition) is 6. The number of aromatic nitrogens is 6. The van der Waals surface area contributed by atoms with Crippen molar-refractivity contribution in [2.45, 2.75) is 59.4 Å². The SMILES string of the molecule is CCCCc1c(C(=O)NCc2c(C)nc3ccccn23)cnn1-c1ncc(C)c(N2CCCC2)n1. The summed E-state index contributed by atoms with van der Waals surface area (Å²) in [5.41, 5.74) is 5.21. The van der Waals surface area contributed by atoms with Crippen LogP contribution in [0.15, 0.2) is 36.8 Å². The van der Waals surface area contributed by atoms with Gasteiger partial charge in [-0.25, -0.2) is 14.6 Å². The van der Waals surface area contributed by atoms with Gasteiger partial charge in [0.15, 0.2) is 0 Å². The highest BCUT2D eigenvalue weighted by Gasteiger charge is 2.22. The third kappa shape index (κ3) is 4.50. The molecule has 1 fully saturated rings. The van der Waals surface area contributed by atoms with Gasteiger partial charge in [-0.2, -0.15) is 10.1 Å². The number of pyridine rings is 1. The van der Waals surface area contributed by atoms with Crippen molar-refractivity contribution in [2.75, 3.05) is 18.0 Å². The van der Waals surface area contributed by atoms with E-state index in [-0.39, 0.29) is 5.91 Å². The van der Waals surface area contributed by atoms with Crippen LogP contribution in [0.4, 0.5) is 5.82 Å². The summed E-state index contributed by atoms with van der Waals surface area (Å²) in [6.07, 6.45) is 10.5. The quantitative estimate of drug-likeness (QED) is 0.419. The lowest BCUT2D eigenvalue weighted by atomic mass is 10.1. The molecule has 1 saturated heterocycles. The zero-order chi connectivity index (χ0) is 24.4. The fourth-order valence-electron chi connectivity index (χ4n) is 4.73. The summed E-state index contributed by atoms with van der Waals surface area (Å²) in [4.78, 5) is 29.6. The topological polar surface area (TPSA) is 93.2 Å². The highest BCUT2D eigenvalue weighted by molar-refractivity contribution is 5.95. The Morgan fingerprint density at radius 1 is 1.09 bits per heavy atom. The van der Waals surface area contributed by atoms with Crippen molar-refractivity contribution in [3.63, 3.8) is 0 Å². The van der Waals surface area contributed by atoms with Gasteiger partial charge in [-0.15, -0.1) is 0 Å². The van der Waals surface area contributed by atoms with E-state index in [0.717, 1.165) is 66.5 Å². The lowest BCUT2D eigenvalue weighted by Crippen LogP contribution is -2.25. The Hall–Kier alpha value is -3.75. The average Bonchev–Trinajstić information content (AvgIpc) is 3.60. The molecule has 5 heterocycles. The van der Waals surface area contributed by atoms with E-state index >= 15 is 0 Å². The molecule has 0 radical (unpaired) electrons. The van der Waals surface area contributed by atoms with E-state index in [1.54, 1.807) is 10.9 Å². The number of rotatable bonds is 8. The molecular formula is C26H32N8O. The maximum atomic E-state index is 13.3. The fourth-order valence-corrected chi connectivity index (χ4v) is 4.73. The highest BCUT2D eigenvalue weighted by atomic mass is 16.1. The third-order valence-corrected chi connectivity index (χ3v) is 6.65. The van der Waals surface area contributed by atoms with Gasteiger partial charge in [0.25, 0.3) is 11.9 Å². The first-order chi connectivity index (χ1) is 17.1. The minimum Gasteiger partial charge on any atom is -0.356 e. The molecule has 0 atom stereocenters. The van der Waals surface area contributed by atoms with Gasteiger partial charge in [0.2, 0.25) is 0 Å². The van der Waals surface area contributed by atoms with E-state index in [1.807, 2.05) is 48.8 Å². The molecule has 0 unspecified atom stereocenters. The second-order valence-electron chi connectivity index (χ2n) is 9.15. The Morgan fingerprint density at radius 2 is 1.91 bits per heavy atom. The van der Waals surface area contributed by atoms with Crippen LogP contribution in [0.25, 0.3) is 11.6 Å². The smallest absolute Gasteiger partial charge is 0.255 e. The lowest BCUT2D eigenvalue weighted by molar-refractivity contribution is 0.0949. The third-order valence-electron chi connectivity index (χ3n) is 6.65. The van der Waals surface area contributed by atoms with Crippen LogP contribution in [0.5, 0.6) is 0 Å². The highest BCUT2D eigenvalue weighted by Crippen LogP contribution is 2.23. The lowest BCUT2D eigenvalue weighted by Gasteiger charge is -2.19. The second-order valence-corrected chi connectivity index (χ2v) is 9.15. The molecule has 5 rings (SSSR count). The van der Waals surface area contributed by atoms with Crippen LogP contribution < -0.4 is 10.2 Å². The number of unbranched alkanes of at least 4 members (excludes halogenated alkanes) is 1. The Kier molecular flexibility index (Phi) is 6.48. The monoisotopic (exact) mass is 472 g/mol. The molecule has 1 aliphatic heterocycles.